The topological polar surface area (TPSA) is 0 Å². The first kappa shape index (κ1) is 14.1. The Bertz CT molecular complexity index is 201. The molecule has 2 unspecified atom stereocenters. The molecule has 2 atom stereocenters. The van der Waals surface area contributed by atoms with Crippen LogP contribution in [0.1, 0.15) is 68.2 Å². The molecule has 0 aliphatic heterocycles. The SMILES string of the molecule is CC1CC(C(C)(C)C)C(C)C(C(C)(C)C)C1. The van der Waals surface area contributed by atoms with Crippen molar-refractivity contribution >= 4 is 0 Å². The molecule has 0 bridgehead atoms. The lowest BCUT2D eigenvalue weighted by Crippen LogP contribution is -2.42. The Balaban J connectivity index is 2.91. The van der Waals surface area contributed by atoms with Gasteiger partial charge in [-0.25, -0.2) is 0 Å². The van der Waals surface area contributed by atoms with Gasteiger partial charge in [0, 0.05) is 0 Å². The van der Waals surface area contributed by atoms with Crippen molar-refractivity contribution in [1.29, 1.82) is 0 Å². The van der Waals surface area contributed by atoms with Gasteiger partial charge in [0.05, 0.1) is 0 Å². The predicted octanol–water partition coefficient (Wildman–Crippen LogP) is 5.38. The van der Waals surface area contributed by atoms with Gasteiger partial charge in [0.2, 0.25) is 0 Å². The van der Waals surface area contributed by atoms with Gasteiger partial charge in [-0.2, -0.15) is 0 Å². The second kappa shape index (κ2) is 4.35. The zero-order valence-corrected chi connectivity index (χ0v) is 12.7. The van der Waals surface area contributed by atoms with Crippen LogP contribution in [0, 0.1) is 34.5 Å². The molecule has 0 heterocycles. The van der Waals surface area contributed by atoms with E-state index in [9.17, 15) is 0 Å². The summed E-state index contributed by atoms with van der Waals surface area (Å²) in [5, 5.41) is 0. The predicted molar refractivity (Wildman–Crippen MR) is 73.5 cm³/mol. The molecule has 96 valence electrons. The summed E-state index contributed by atoms with van der Waals surface area (Å²) in [4.78, 5) is 0. The monoisotopic (exact) mass is 224 g/mol. The van der Waals surface area contributed by atoms with Gasteiger partial charge in [-0.05, 0) is 47.3 Å². The zero-order chi connectivity index (χ0) is 12.7. The van der Waals surface area contributed by atoms with Crippen LogP contribution in [0.2, 0.25) is 0 Å². The summed E-state index contributed by atoms with van der Waals surface area (Å²) in [5.74, 6) is 3.56. The van der Waals surface area contributed by atoms with E-state index in [1.54, 1.807) is 0 Å². The fourth-order valence-electron chi connectivity index (χ4n) is 3.96. The summed E-state index contributed by atoms with van der Waals surface area (Å²) in [6, 6.07) is 0. The smallest absolute Gasteiger partial charge is 0.0334 e. The first-order valence-electron chi connectivity index (χ1n) is 7.03. The third-order valence-electron chi connectivity index (χ3n) is 4.81. The number of rotatable bonds is 0. The first-order chi connectivity index (χ1) is 7.03. The molecule has 0 saturated heterocycles. The van der Waals surface area contributed by atoms with Gasteiger partial charge in [-0.1, -0.05) is 55.4 Å². The molecule has 0 amide bonds. The Kier molecular flexibility index (Phi) is 3.82. The molecule has 0 radical (unpaired) electrons. The van der Waals surface area contributed by atoms with Crippen LogP contribution in [-0.2, 0) is 0 Å². The highest BCUT2D eigenvalue weighted by Crippen LogP contribution is 2.51. The fraction of sp³-hybridized carbons (Fsp3) is 1.00. The largest absolute Gasteiger partial charge is 0.0625 e. The molecule has 0 spiro atoms. The highest BCUT2D eigenvalue weighted by atomic mass is 14.5. The standard InChI is InChI=1S/C16H32/c1-11-9-13(15(3,4)5)12(2)14(10-11)16(6,7)8/h11-14H,9-10H2,1-8H3. The Labute approximate surface area is 103 Å². The van der Waals surface area contributed by atoms with Gasteiger partial charge < -0.3 is 0 Å². The lowest BCUT2D eigenvalue weighted by atomic mass is 9.55. The van der Waals surface area contributed by atoms with E-state index < -0.39 is 0 Å². The van der Waals surface area contributed by atoms with Crippen molar-refractivity contribution in [2.75, 3.05) is 0 Å². The molecule has 16 heavy (non-hydrogen) atoms. The van der Waals surface area contributed by atoms with Crippen LogP contribution in [0.25, 0.3) is 0 Å². The minimum Gasteiger partial charge on any atom is -0.0625 e. The fourth-order valence-corrected chi connectivity index (χ4v) is 3.96. The van der Waals surface area contributed by atoms with E-state index in [4.69, 9.17) is 0 Å². The summed E-state index contributed by atoms with van der Waals surface area (Å²) in [5.41, 5.74) is 0.940. The number of hydrogen-bond acceptors (Lipinski definition) is 0. The molecule has 0 aromatic rings. The molecule has 1 fully saturated rings. The minimum atomic E-state index is 0.470. The van der Waals surface area contributed by atoms with Crippen LogP contribution in [0.4, 0.5) is 0 Å². The van der Waals surface area contributed by atoms with E-state index >= 15 is 0 Å². The van der Waals surface area contributed by atoms with E-state index in [0.29, 0.717) is 10.8 Å². The highest BCUT2D eigenvalue weighted by molar-refractivity contribution is 4.92. The van der Waals surface area contributed by atoms with Crippen LogP contribution in [-0.4, -0.2) is 0 Å². The number of hydrogen-bond donors (Lipinski definition) is 0. The van der Waals surface area contributed by atoms with Gasteiger partial charge in [-0.3, -0.25) is 0 Å². The Morgan fingerprint density at radius 2 is 1.00 bits per heavy atom. The van der Waals surface area contributed by atoms with E-state index in [1.165, 1.54) is 12.8 Å². The van der Waals surface area contributed by atoms with Crippen molar-refractivity contribution in [3.8, 4) is 0 Å². The second-order valence-corrected chi connectivity index (χ2v) is 8.38. The van der Waals surface area contributed by atoms with Crippen LogP contribution >= 0.6 is 0 Å². The van der Waals surface area contributed by atoms with E-state index in [-0.39, 0.29) is 0 Å². The first-order valence-corrected chi connectivity index (χ1v) is 7.03. The maximum Gasteiger partial charge on any atom is -0.0334 e. The van der Waals surface area contributed by atoms with Crippen molar-refractivity contribution in [2.24, 2.45) is 34.5 Å². The molecule has 0 aromatic carbocycles. The second-order valence-electron chi connectivity index (χ2n) is 8.38. The molecule has 0 heteroatoms. The molecule has 0 N–H and O–H groups in total. The van der Waals surface area contributed by atoms with Crippen molar-refractivity contribution in [3.05, 3.63) is 0 Å². The molecule has 1 aliphatic carbocycles. The zero-order valence-electron chi connectivity index (χ0n) is 12.7. The molecule has 1 rings (SSSR count). The quantitative estimate of drug-likeness (QED) is 0.518. The third-order valence-corrected chi connectivity index (χ3v) is 4.81. The lowest BCUT2D eigenvalue weighted by molar-refractivity contribution is -0.00431. The maximum atomic E-state index is 2.50. The minimum absolute atomic E-state index is 0.470. The van der Waals surface area contributed by atoms with E-state index in [2.05, 4.69) is 55.4 Å². The van der Waals surface area contributed by atoms with Crippen LogP contribution in [0.15, 0.2) is 0 Å². The van der Waals surface area contributed by atoms with Gasteiger partial charge in [0.15, 0.2) is 0 Å². The Morgan fingerprint density at radius 1 is 0.688 bits per heavy atom. The average molecular weight is 224 g/mol. The third kappa shape index (κ3) is 3.02. The normalized spacial score (nSPS) is 37.5. The lowest BCUT2D eigenvalue weighted by Gasteiger charge is -2.50. The summed E-state index contributed by atoms with van der Waals surface area (Å²) < 4.78 is 0. The van der Waals surface area contributed by atoms with Gasteiger partial charge >= 0.3 is 0 Å². The van der Waals surface area contributed by atoms with Crippen molar-refractivity contribution in [3.63, 3.8) is 0 Å². The van der Waals surface area contributed by atoms with Gasteiger partial charge in [-0.15, -0.1) is 0 Å². The van der Waals surface area contributed by atoms with Crippen LogP contribution < -0.4 is 0 Å². The van der Waals surface area contributed by atoms with Gasteiger partial charge in [0.25, 0.3) is 0 Å². The van der Waals surface area contributed by atoms with Crippen LogP contribution in [0.3, 0.4) is 0 Å². The van der Waals surface area contributed by atoms with Crippen molar-refractivity contribution in [1.82, 2.24) is 0 Å². The molecule has 0 aromatic heterocycles. The summed E-state index contributed by atoms with van der Waals surface area (Å²) in [7, 11) is 0. The molecule has 1 saturated carbocycles. The van der Waals surface area contributed by atoms with Crippen molar-refractivity contribution < 1.29 is 0 Å². The maximum absolute atomic E-state index is 2.50. The summed E-state index contributed by atoms with van der Waals surface area (Å²) in [6.07, 6.45) is 2.86. The van der Waals surface area contributed by atoms with Gasteiger partial charge in [0.1, 0.15) is 0 Å². The molecular formula is C16H32. The molecular weight excluding hydrogens is 192 g/mol. The summed E-state index contributed by atoms with van der Waals surface area (Å²) >= 11 is 0. The average Bonchev–Trinajstić information content (AvgIpc) is 2.04. The Morgan fingerprint density at radius 3 is 1.25 bits per heavy atom. The molecule has 0 nitrogen and oxygen atoms in total. The van der Waals surface area contributed by atoms with Crippen LogP contribution in [0.5, 0.6) is 0 Å². The summed E-state index contributed by atoms with van der Waals surface area (Å²) in [6.45, 7) is 19.5. The molecule has 1 aliphatic rings. The van der Waals surface area contributed by atoms with Crippen molar-refractivity contribution in [2.45, 2.75) is 68.2 Å². The van der Waals surface area contributed by atoms with E-state index in [0.717, 1.165) is 23.7 Å². The highest BCUT2D eigenvalue weighted by Gasteiger charge is 2.43. The Hall–Kier alpha value is 0. The van der Waals surface area contributed by atoms with E-state index in [1.807, 2.05) is 0 Å².